The van der Waals surface area contributed by atoms with Crippen LogP contribution in [0.25, 0.3) is 0 Å². The van der Waals surface area contributed by atoms with Crippen LogP contribution in [0, 0.1) is 0 Å². The fourth-order valence-corrected chi connectivity index (χ4v) is 2.29. The molecule has 5 heteroatoms. The molecular formula is C9H8BrN3S. The Balaban J connectivity index is 2.18. The van der Waals surface area contributed by atoms with Gasteiger partial charge in [-0.3, -0.25) is 4.98 Å². The minimum atomic E-state index is 0.614. The highest BCUT2D eigenvalue weighted by molar-refractivity contribution is 9.10. The number of nitrogens with zero attached hydrogens (tertiary/aromatic N) is 2. The SMILES string of the molecule is Nc1ncc(Cc2cncc(Br)c2)s1. The van der Waals surface area contributed by atoms with Gasteiger partial charge >= 0.3 is 0 Å². The van der Waals surface area contributed by atoms with Crippen LogP contribution in [0.1, 0.15) is 10.4 Å². The van der Waals surface area contributed by atoms with Crippen LogP contribution < -0.4 is 5.73 Å². The van der Waals surface area contributed by atoms with Crippen LogP contribution in [0.4, 0.5) is 5.13 Å². The van der Waals surface area contributed by atoms with E-state index < -0.39 is 0 Å². The highest BCUT2D eigenvalue weighted by Gasteiger charge is 2.01. The molecule has 0 atom stereocenters. The average Bonchev–Trinajstić information content (AvgIpc) is 2.51. The van der Waals surface area contributed by atoms with Gasteiger partial charge in [-0.2, -0.15) is 0 Å². The molecule has 0 aliphatic carbocycles. The summed E-state index contributed by atoms with van der Waals surface area (Å²) in [6, 6.07) is 2.04. The van der Waals surface area contributed by atoms with Crippen molar-refractivity contribution < 1.29 is 0 Å². The lowest BCUT2D eigenvalue weighted by atomic mass is 10.2. The molecule has 0 amide bonds. The van der Waals surface area contributed by atoms with Crippen molar-refractivity contribution in [1.82, 2.24) is 9.97 Å². The zero-order chi connectivity index (χ0) is 9.97. The topological polar surface area (TPSA) is 51.8 Å². The van der Waals surface area contributed by atoms with E-state index >= 15 is 0 Å². The Morgan fingerprint density at radius 2 is 2.21 bits per heavy atom. The molecule has 2 aromatic rings. The Morgan fingerprint density at radius 3 is 2.86 bits per heavy atom. The first-order valence-electron chi connectivity index (χ1n) is 4.03. The summed E-state index contributed by atoms with van der Waals surface area (Å²) in [7, 11) is 0. The number of hydrogen-bond donors (Lipinski definition) is 1. The zero-order valence-electron chi connectivity index (χ0n) is 7.27. The molecule has 0 fully saturated rings. The molecule has 0 aliphatic heterocycles. The number of rotatable bonds is 2. The monoisotopic (exact) mass is 269 g/mol. The van der Waals surface area contributed by atoms with E-state index in [0.29, 0.717) is 5.13 Å². The number of anilines is 1. The minimum absolute atomic E-state index is 0.614. The van der Waals surface area contributed by atoms with Crippen molar-refractivity contribution in [2.24, 2.45) is 0 Å². The molecule has 0 spiro atoms. The van der Waals surface area contributed by atoms with Gasteiger partial charge in [0.05, 0.1) is 0 Å². The normalized spacial score (nSPS) is 10.4. The molecule has 2 aromatic heterocycles. The predicted octanol–water partition coefficient (Wildman–Crippen LogP) is 2.47. The summed E-state index contributed by atoms with van der Waals surface area (Å²) in [5, 5.41) is 0.614. The van der Waals surface area contributed by atoms with Crippen LogP contribution >= 0.6 is 27.3 Å². The number of hydrogen-bond acceptors (Lipinski definition) is 4. The number of nitrogen functional groups attached to an aromatic ring is 1. The molecule has 0 radical (unpaired) electrons. The van der Waals surface area contributed by atoms with Crippen LogP contribution in [-0.4, -0.2) is 9.97 Å². The van der Waals surface area contributed by atoms with Gasteiger partial charge in [-0.05, 0) is 27.6 Å². The Kier molecular flexibility index (Phi) is 2.79. The second-order valence-electron chi connectivity index (χ2n) is 2.85. The maximum atomic E-state index is 5.54. The van der Waals surface area contributed by atoms with E-state index in [9.17, 15) is 0 Å². The molecule has 0 bridgehead atoms. The first-order valence-corrected chi connectivity index (χ1v) is 5.64. The van der Waals surface area contributed by atoms with E-state index in [0.717, 1.165) is 21.3 Å². The minimum Gasteiger partial charge on any atom is -0.375 e. The van der Waals surface area contributed by atoms with Crippen LogP contribution in [0.3, 0.4) is 0 Å². The van der Waals surface area contributed by atoms with Gasteiger partial charge in [0.1, 0.15) is 0 Å². The van der Waals surface area contributed by atoms with Gasteiger partial charge in [0.2, 0.25) is 0 Å². The summed E-state index contributed by atoms with van der Waals surface area (Å²) in [5.41, 5.74) is 6.70. The van der Waals surface area contributed by atoms with E-state index in [1.165, 1.54) is 11.3 Å². The third-order valence-electron chi connectivity index (χ3n) is 1.71. The van der Waals surface area contributed by atoms with Crippen LogP contribution in [0.15, 0.2) is 29.1 Å². The van der Waals surface area contributed by atoms with Gasteiger partial charge in [-0.25, -0.2) is 4.98 Å². The second-order valence-corrected chi connectivity index (χ2v) is 4.92. The Labute approximate surface area is 94.1 Å². The molecule has 0 unspecified atom stereocenters. The van der Waals surface area contributed by atoms with Crippen molar-refractivity contribution in [2.45, 2.75) is 6.42 Å². The number of thiazole rings is 1. The van der Waals surface area contributed by atoms with Gasteiger partial charge in [-0.1, -0.05) is 0 Å². The molecule has 0 aliphatic rings. The molecule has 14 heavy (non-hydrogen) atoms. The van der Waals surface area contributed by atoms with Gasteiger partial charge < -0.3 is 5.73 Å². The van der Waals surface area contributed by atoms with Crippen molar-refractivity contribution in [1.29, 1.82) is 0 Å². The Morgan fingerprint density at radius 1 is 1.36 bits per heavy atom. The standard InChI is InChI=1S/C9H8BrN3S/c10-7-1-6(3-12-4-7)2-8-5-13-9(11)14-8/h1,3-5H,2H2,(H2,11,13). The lowest BCUT2D eigenvalue weighted by Gasteiger charge is -1.97. The first-order chi connectivity index (χ1) is 6.74. The Bertz CT molecular complexity index is 441. The summed E-state index contributed by atoms with van der Waals surface area (Å²) < 4.78 is 0.993. The highest BCUT2D eigenvalue weighted by Crippen LogP contribution is 2.19. The van der Waals surface area contributed by atoms with E-state index in [1.807, 2.05) is 12.3 Å². The van der Waals surface area contributed by atoms with E-state index in [-0.39, 0.29) is 0 Å². The van der Waals surface area contributed by atoms with Crippen LogP contribution in [-0.2, 0) is 6.42 Å². The van der Waals surface area contributed by atoms with E-state index in [2.05, 4.69) is 25.9 Å². The van der Waals surface area contributed by atoms with Crippen molar-refractivity contribution in [3.05, 3.63) is 39.6 Å². The molecule has 72 valence electrons. The molecule has 2 rings (SSSR count). The predicted molar refractivity (Wildman–Crippen MR) is 61.3 cm³/mol. The van der Waals surface area contributed by atoms with Gasteiger partial charge in [0.25, 0.3) is 0 Å². The number of halogens is 1. The van der Waals surface area contributed by atoms with Crippen LogP contribution in [0.5, 0.6) is 0 Å². The lowest BCUT2D eigenvalue weighted by molar-refractivity contribution is 1.15. The van der Waals surface area contributed by atoms with Gasteiger partial charge in [-0.15, -0.1) is 11.3 Å². The van der Waals surface area contributed by atoms with E-state index in [1.54, 1.807) is 12.4 Å². The smallest absolute Gasteiger partial charge is 0.180 e. The van der Waals surface area contributed by atoms with Crippen molar-refractivity contribution >= 4 is 32.4 Å². The molecule has 0 saturated heterocycles. The quantitative estimate of drug-likeness (QED) is 0.912. The highest BCUT2D eigenvalue weighted by atomic mass is 79.9. The van der Waals surface area contributed by atoms with E-state index in [4.69, 9.17) is 5.73 Å². The number of nitrogens with two attached hydrogens (primary N) is 1. The summed E-state index contributed by atoms with van der Waals surface area (Å²) in [4.78, 5) is 9.25. The third kappa shape index (κ3) is 2.30. The number of pyridine rings is 1. The van der Waals surface area contributed by atoms with Crippen LogP contribution in [0.2, 0.25) is 0 Å². The van der Waals surface area contributed by atoms with Crippen molar-refractivity contribution in [3.63, 3.8) is 0 Å². The molecular weight excluding hydrogens is 262 g/mol. The summed E-state index contributed by atoms with van der Waals surface area (Å²) in [5.74, 6) is 0. The lowest BCUT2D eigenvalue weighted by Crippen LogP contribution is -1.85. The zero-order valence-corrected chi connectivity index (χ0v) is 9.68. The first kappa shape index (κ1) is 9.61. The summed E-state index contributed by atoms with van der Waals surface area (Å²) >= 11 is 4.89. The largest absolute Gasteiger partial charge is 0.375 e. The third-order valence-corrected chi connectivity index (χ3v) is 2.97. The van der Waals surface area contributed by atoms with Gasteiger partial charge in [0, 0.05) is 34.4 Å². The fourth-order valence-electron chi connectivity index (χ4n) is 1.16. The fraction of sp³-hybridized carbons (Fsp3) is 0.111. The summed E-state index contributed by atoms with van der Waals surface area (Å²) in [6.07, 6.45) is 6.26. The molecule has 2 N–H and O–H groups in total. The Hall–Kier alpha value is -0.940. The van der Waals surface area contributed by atoms with Gasteiger partial charge in [0.15, 0.2) is 5.13 Å². The second kappa shape index (κ2) is 4.06. The molecule has 3 nitrogen and oxygen atoms in total. The maximum Gasteiger partial charge on any atom is 0.180 e. The summed E-state index contributed by atoms with van der Waals surface area (Å²) in [6.45, 7) is 0. The molecule has 0 aromatic carbocycles. The number of aromatic nitrogens is 2. The van der Waals surface area contributed by atoms with Crippen molar-refractivity contribution in [2.75, 3.05) is 5.73 Å². The molecule has 0 saturated carbocycles. The average molecular weight is 270 g/mol. The maximum absolute atomic E-state index is 5.54. The molecule has 2 heterocycles. The van der Waals surface area contributed by atoms with Crippen molar-refractivity contribution in [3.8, 4) is 0 Å².